The highest BCUT2D eigenvalue weighted by atomic mass is 32.2. The number of rotatable bonds is 5. The summed E-state index contributed by atoms with van der Waals surface area (Å²) in [4.78, 5) is 5.20. The van der Waals surface area contributed by atoms with Gasteiger partial charge in [-0.3, -0.25) is 0 Å². The third-order valence-corrected chi connectivity index (χ3v) is 4.42. The zero-order valence-corrected chi connectivity index (χ0v) is 13.2. The predicted molar refractivity (Wildman–Crippen MR) is 88.2 cm³/mol. The maximum absolute atomic E-state index is 5.84. The number of fused-ring (bicyclic) bond motifs is 1. The van der Waals surface area contributed by atoms with Crippen molar-refractivity contribution in [2.45, 2.75) is 38.6 Å². The Kier molecular flexibility index (Phi) is 5.05. The van der Waals surface area contributed by atoms with E-state index in [1.165, 1.54) is 24.1 Å². The van der Waals surface area contributed by atoms with Crippen LogP contribution in [0.4, 0.5) is 5.82 Å². The van der Waals surface area contributed by atoms with Crippen LogP contribution in [-0.2, 0) is 12.8 Å². The molecule has 5 heteroatoms. The molecule has 1 aliphatic rings. The van der Waals surface area contributed by atoms with Crippen LogP contribution in [0.2, 0.25) is 0 Å². The number of aryl methyl sites for hydroxylation is 2. The summed E-state index contributed by atoms with van der Waals surface area (Å²) in [7, 11) is 0. The number of nitrogens with zero attached hydrogens (tertiary/aromatic N) is 1. The minimum atomic E-state index is 0.359. The molecule has 1 atom stereocenters. The first kappa shape index (κ1) is 14.6. The van der Waals surface area contributed by atoms with Crippen molar-refractivity contribution < 1.29 is 0 Å². The van der Waals surface area contributed by atoms with Gasteiger partial charge in [0.1, 0.15) is 10.8 Å². The lowest BCUT2D eigenvalue weighted by molar-refractivity contribution is 0.667. The molecule has 0 amide bonds. The van der Waals surface area contributed by atoms with Gasteiger partial charge >= 0.3 is 0 Å². The van der Waals surface area contributed by atoms with Gasteiger partial charge in [-0.05, 0) is 50.5 Å². The topological polar surface area (TPSA) is 50.9 Å². The highest BCUT2D eigenvalue weighted by Crippen LogP contribution is 2.25. The van der Waals surface area contributed by atoms with Gasteiger partial charge in [-0.2, -0.15) is 11.8 Å². The van der Waals surface area contributed by atoms with Crippen LogP contribution in [0.5, 0.6) is 0 Å². The summed E-state index contributed by atoms with van der Waals surface area (Å²) in [5, 5.41) is 3.44. The summed E-state index contributed by atoms with van der Waals surface area (Å²) < 4.78 is 0. The fourth-order valence-corrected chi connectivity index (χ4v) is 3.20. The van der Waals surface area contributed by atoms with Crippen LogP contribution >= 0.6 is 24.0 Å². The molecule has 104 valence electrons. The molecule has 0 saturated heterocycles. The highest BCUT2D eigenvalue weighted by Gasteiger charge is 2.17. The van der Waals surface area contributed by atoms with E-state index in [2.05, 4.69) is 24.6 Å². The predicted octanol–water partition coefficient (Wildman–Crippen LogP) is 2.76. The van der Waals surface area contributed by atoms with E-state index in [0.717, 1.165) is 30.0 Å². The molecule has 1 heterocycles. The number of thiocarbonyl (C=S) groups is 1. The summed E-state index contributed by atoms with van der Waals surface area (Å²) in [6.07, 6.45) is 6.73. The minimum absolute atomic E-state index is 0.359. The second kappa shape index (κ2) is 6.57. The van der Waals surface area contributed by atoms with Gasteiger partial charge < -0.3 is 11.1 Å². The molecule has 1 aliphatic carbocycles. The van der Waals surface area contributed by atoms with E-state index >= 15 is 0 Å². The number of pyridine rings is 1. The molecule has 0 radical (unpaired) electrons. The van der Waals surface area contributed by atoms with Crippen LogP contribution in [0.25, 0.3) is 0 Å². The lowest BCUT2D eigenvalue weighted by atomic mass is 9.94. The molecule has 1 aromatic heterocycles. The fourth-order valence-electron chi connectivity index (χ4n) is 2.46. The first-order valence-corrected chi connectivity index (χ1v) is 8.50. The number of hydrogen-bond acceptors (Lipinski definition) is 4. The quantitative estimate of drug-likeness (QED) is 0.818. The van der Waals surface area contributed by atoms with Crippen molar-refractivity contribution in [1.29, 1.82) is 0 Å². The molecule has 1 unspecified atom stereocenters. The van der Waals surface area contributed by atoms with E-state index in [-0.39, 0.29) is 0 Å². The van der Waals surface area contributed by atoms with Gasteiger partial charge in [-0.15, -0.1) is 0 Å². The Balaban J connectivity index is 2.31. The van der Waals surface area contributed by atoms with Gasteiger partial charge in [0.15, 0.2) is 0 Å². The molecule has 0 aromatic carbocycles. The Bertz CT molecular complexity index is 474. The van der Waals surface area contributed by atoms with Crippen molar-refractivity contribution in [3.8, 4) is 0 Å². The average Bonchev–Trinajstić information content (AvgIpc) is 2.38. The van der Waals surface area contributed by atoms with Crippen molar-refractivity contribution in [1.82, 2.24) is 4.98 Å². The minimum Gasteiger partial charge on any atom is -0.389 e. The molecular weight excluding hydrogens is 274 g/mol. The van der Waals surface area contributed by atoms with Gasteiger partial charge in [0.05, 0.1) is 5.56 Å². The number of nitrogens with one attached hydrogen (secondary N) is 1. The zero-order chi connectivity index (χ0) is 13.8. The molecule has 0 spiro atoms. The molecule has 0 bridgehead atoms. The van der Waals surface area contributed by atoms with Gasteiger partial charge in [-0.25, -0.2) is 4.98 Å². The first-order valence-electron chi connectivity index (χ1n) is 6.70. The Hall–Kier alpha value is -0.810. The molecule has 3 N–H and O–H groups in total. The third-order valence-electron chi connectivity index (χ3n) is 3.37. The molecule has 3 nitrogen and oxygen atoms in total. The molecular formula is C14H21N3S2. The van der Waals surface area contributed by atoms with E-state index in [0.29, 0.717) is 11.0 Å². The van der Waals surface area contributed by atoms with Gasteiger partial charge in [-0.1, -0.05) is 12.2 Å². The van der Waals surface area contributed by atoms with E-state index in [1.54, 1.807) is 0 Å². The van der Waals surface area contributed by atoms with Crippen molar-refractivity contribution in [3.63, 3.8) is 0 Å². The number of thioether (sulfide) groups is 1. The van der Waals surface area contributed by atoms with Crippen LogP contribution in [0.15, 0.2) is 6.07 Å². The molecule has 0 fully saturated rings. The maximum atomic E-state index is 5.84. The van der Waals surface area contributed by atoms with Crippen molar-refractivity contribution in [2.75, 3.05) is 17.3 Å². The Labute approximate surface area is 124 Å². The summed E-state index contributed by atoms with van der Waals surface area (Å²) in [6.45, 7) is 2.15. The number of hydrogen-bond donors (Lipinski definition) is 2. The molecule has 0 aliphatic heterocycles. The fraction of sp³-hybridized carbons (Fsp3) is 0.571. The molecule has 1 aromatic rings. The number of anilines is 1. The lowest BCUT2D eigenvalue weighted by Gasteiger charge is -2.21. The summed E-state index contributed by atoms with van der Waals surface area (Å²) in [5.41, 5.74) is 9.27. The standard InChI is InChI=1S/C14H21N3S2/c1-9(8-19-2)16-14-11(13(15)18)7-10-5-3-4-6-12(10)17-14/h7,9H,3-6,8H2,1-2H3,(H2,15,18)(H,16,17). The van der Waals surface area contributed by atoms with Crippen molar-refractivity contribution >= 4 is 34.8 Å². The van der Waals surface area contributed by atoms with Crippen LogP contribution in [-0.4, -0.2) is 28.0 Å². The molecule has 0 saturated carbocycles. The highest BCUT2D eigenvalue weighted by molar-refractivity contribution is 7.98. The molecule has 19 heavy (non-hydrogen) atoms. The SMILES string of the molecule is CSCC(C)Nc1nc2c(cc1C(N)=S)CCCC2. The zero-order valence-electron chi connectivity index (χ0n) is 11.5. The molecule has 2 rings (SSSR count). The number of aromatic nitrogens is 1. The summed E-state index contributed by atoms with van der Waals surface area (Å²) in [6, 6.07) is 2.50. The van der Waals surface area contributed by atoms with Crippen LogP contribution in [0.1, 0.15) is 36.6 Å². The number of nitrogens with two attached hydrogens (primary N) is 1. The second-order valence-corrected chi connectivity index (χ2v) is 6.41. The van der Waals surface area contributed by atoms with E-state index in [4.69, 9.17) is 22.9 Å². The Morgan fingerprint density at radius 1 is 1.53 bits per heavy atom. The van der Waals surface area contributed by atoms with Crippen molar-refractivity contribution in [2.24, 2.45) is 5.73 Å². The van der Waals surface area contributed by atoms with E-state index < -0.39 is 0 Å². The van der Waals surface area contributed by atoms with Gasteiger partial charge in [0.2, 0.25) is 0 Å². The lowest BCUT2D eigenvalue weighted by Crippen LogP contribution is -2.24. The van der Waals surface area contributed by atoms with E-state index in [9.17, 15) is 0 Å². The first-order chi connectivity index (χ1) is 9.11. The van der Waals surface area contributed by atoms with Crippen molar-refractivity contribution in [3.05, 3.63) is 22.9 Å². The second-order valence-electron chi connectivity index (χ2n) is 5.06. The average molecular weight is 295 g/mol. The van der Waals surface area contributed by atoms with E-state index in [1.807, 2.05) is 11.8 Å². The third kappa shape index (κ3) is 3.60. The van der Waals surface area contributed by atoms with Crippen LogP contribution in [0.3, 0.4) is 0 Å². The monoisotopic (exact) mass is 295 g/mol. The van der Waals surface area contributed by atoms with Gasteiger partial charge in [0.25, 0.3) is 0 Å². The van der Waals surface area contributed by atoms with Crippen LogP contribution < -0.4 is 11.1 Å². The van der Waals surface area contributed by atoms with Gasteiger partial charge in [0, 0.05) is 17.5 Å². The maximum Gasteiger partial charge on any atom is 0.136 e. The van der Waals surface area contributed by atoms with Crippen LogP contribution in [0, 0.1) is 0 Å². The largest absolute Gasteiger partial charge is 0.389 e. The summed E-state index contributed by atoms with van der Waals surface area (Å²) in [5.74, 6) is 1.89. The normalized spacial score (nSPS) is 15.7. The smallest absolute Gasteiger partial charge is 0.136 e. The Morgan fingerprint density at radius 3 is 2.95 bits per heavy atom. The summed E-state index contributed by atoms with van der Waals surface area (Å²) >= 11 is 6.98. The Morgan fingerprint density at radius 2 is 2.26 bits per heavy atom.